The van der Waals surface area contributed by atoms with Crippen LogP contribution in [0.2, 0.25) is 0 Å². The average molecular weight is 511 g/mol. The first kappa shape index (κ1) is 27.4. The first-order valence-electron chi connectivity index (χ1n) is 14.1. The molecule has 1 saturated heterocycles. The molecule has 2 aliphatic rings. The van der Waals surface area contributed by atoms with Gasteiger partial charge >= 0.3 is 0 Å². The molecule has 202 valence electrons. The van der Waals surface area contributed by atoms with Crippen LogP contribution in [0, 0.1) is 0 Å². The van der Waals surface area contributed by atoms with Crippen molar-refractivity contribution < 1.29 is 23.9 Å². The zero-order valence-electron chi connectivity index (χ0n) is 22.9. The normalized spacial score (nSPS) is 21.9. The summed E-state index contributed by atoms with van der Waals surface area (Å²) in [4.78, 5) is 41.0. The second kappa shape index (κ2) is 12.2. The fourth-order valence-electron chi connectivity index (χ4n) is 5.84. The van der Waals surface area contributed by atoms with E-state index in [9.17, 15) is 14.4 Å². The van der Waals surface area contributed by atoms with Crippen LogP contribution < -0.4 is 4.74 Å². The number of carbonyl (C=O) groups is 3. The van der Waals surface area contributed by atoms with E-state index in [0.29, 0.717) is 31.6 Å². The highest BCUT2D eigenvalue weighted by atomic mass is 16.5. The van der Waals surface area contributed by atoms with Crippen molar-refractivity contribution in [2.24, 2.45) is 0 Å². The van der Waals surface area contributed by atoms with Gasteiger partial charge in [-0.2, -0.15) is 0 Å². The molecule has 2 bridgehead atoms. The van der Waals surface area contributed by atoms with E-state index < -0.39 is 6.04 Å². The van der Waals surface area contributed by atoms with E-state index in [2.05, 4.69) is 6.07 Å². The number of nitrogens with zero attached hydrogens (tertiary/aromatic N) is 2. The predicted molar refractivity (Wildman–Crippen MR) is 144 cm³/mol. The summed E-state index contributed by atoms with van der Waals surface area (Å²) < 4.78 is 14.1. The average Bonchev–Trinajstić information content (AvgIpc) is 3.43. The molecule has 0 radical (unpaired) electrons. The number of ether oxygens (including phenoxy) is 2. The number of fused-ring (bicyclic) bond motifs is 2. The number of Topliss-reactive ketones (excluding diaryl/α,β-unsaturated/α-hetero) is 2. The third-order valence-corrected chi connectivity index (χ3v) is 7.59. The van der Waals surface area contributed by atoms with Crippen molar-refractivity contribution in [3.05, 3.63) is 29.5 Å². The van der Waals surface area contributed by atoms with Crippen LogP contribution in [0.4, 0.5) is 0 Å². The molecule has 2 aromatic rings. The quantitative estimate of drug-likeness (QED) is 0.497. The van der Waals surface area contributed by atoms with Gasteiger partial charge in [-0.25, -0.2) is 0 Å². The molecule has 3 heterocycles. The molecule has 0 spiro atoms. The molecule has 1 amide bonds. The molecular formula is C30H42N2O5. The van der Waals surface area contributed by atoms with Crippen molar-refractivity contribution in [2.45, 2.75) is 110 Å². The Morgan fingerprint density at radius 3 is 2.54 bits per heavy atom. The molecule has 37 heavy (non-hydrogen) atoms. The van der Waals surface area contributed by atoms with Crippen LogP contribution in [0.5, 0.6) is 5.75 Å². The zero-order chi connectivity index (χ0) is 26.5. The van der Waals surface area contributed by atoms with Crippen molar-refractivity contribution in [3.63, 3.8) is 0 Å². The molecule has 1 aromatic carbocycles. The largest absolute Gasteiger partial charge is 0.491 e. The van der Waals surface area contributed by atoms with Gasteiger partial charge in [0.25, 0.3) is 0 Å². The summed E-state index contributed by atoms with van der Waals surface area (Å²) in [7, 11) is 0. The maximum absolute atomic E-state index is 13.7. The summed E-state index contributed by atoms with van der Waals surface area (Å²) in [6.07, 6.45) is 10.1. The lowest BCUT2D eigenvalue weighted by atomic mass is 10.0. The standard InChI is InChI=1S/C30H42N2O5/c1-5-26(34)30-27-13-14-32(30)28(35)19-31-18-25(21(4)33)24-17-23(37-20(2)3)16-22(29(24)31)12-10-8-6-7-9-11-15-36-27/h16-18,20,27,30H,5-15,19H2,1-4H3/t27-,30-/m1/s1. The Hall–Kier alpha value is -2.67. The first-order valence-corrected chi connectivity index (χ1v) is 14.1. The lowest BCUT2D eigenvalue weighted by Crippen LogP contribution is -2.46. The number of carbonyl (C=O) groups excluding carboxylic acids is 3. The van der Waals surface area contributed by atoms with Gasteiger partial charge in [-0.05, 0) is 64.2 Å². The maximum atomic E-state index is 13.7. The highest BCUT2D eigenvalue weighted by Crippen LogP contribution is 2.33. The van der Waals surface area contributed by atoms with E-state index >= 15 is 0 Å². The van der Waals surface area contributed by atoms with Gasteiger partial charge in [0.2, 0.25) is 5.91 Å². The van der Waals surface area contributed by atoms with Crippen LogP contribution in [0.1, 0.15) is 95.0 Å². The van der Waals surface area contributed by atoms with Crippen molar-refractivity contribution in [1.82, 2.24) is 9.47 Å². The molecule has 2 atom stereocenters. The molecule has 7 nitrogen and oxygen atoms in total. The lowest BCUT2D eigenvalue weighted by Gasteiger charge is -2.27. The van der Waals surface area contributed by atoms with Crippen LogP contribution in [-0.2, 0) is 27.3 Å². The van der Waals surface area contributed by atoms with E-state index in [1.165, 1.54) is 0 Å². The van der Waals surface area contributed by atoms with Gasteiger partial charge in [0, 0.05) is 36.7 Å². The van der Waals surface area contributed by atoms with E-state index in [1.54, 1.807) is 11.8 Å². The molecule has 4 rings (SSSR count). The molecule has 1 fully saturated rings. The number of benzene rings is 1. The second-order valence-corrected chi connectivity index (χ2v) is 10.8. The van der Waals surface area contributed by atoms with Crippen LogP contribution in [0.3, 0.4) is 0 Å². The second-order valence-electron chi connectivity index (χ2n) is 10.8. The van der Waals surface area contributed by atoms with Crippen LogP contribution in [0.15, 0.2) is 18.3 Å². The Balaban J connectivity index is 1.77. The SMILES string of the molecule is CCC(=O)[C@@H]1[C@H]2CCN1C(=O)Cn1cc(C(C)=O)c3cc(OC(C)C)cc(c31)CCCCCCCCO2. The number of hydrogen-bond donors (Lipinski definition) is 0. The van der Waals surface area contributed by atoms with Gasteiger partial charge in [-0.3, -0.25) is 14.4 Å². The van der Waals surface area contributed by atoms with Gasteiger partial charge in [-0.1, -0.05) is 32.6 Å². The molecule has 0 saturated carbocycles. The van der Waals surface area contributed by atoms with Gasteiger partial charge in [0.1, 0.15) is 18.3 Å². The fourth-order valence-corrected chi connectivity index (χ4v) is 5.84. The molecular weight excluding hydrogens is 468 g/mol. The lowest BCUT2D eigenvalue weighted by molar-refractivity contribution is -0.140. The van der Waals surface area contributed by atoms with Crippen molar-refractivity contribution >= 4 is 28.4 Å². The van der Waals surface area contributed by atoms with Crippen LogP contribution >= 0.6 is 0 Å². The third-order valence-electron chi connectivity index (χ3n) is 7.59. The predicted octanol–water partition coefficient (Wildman–Crippen LogP) is 5.49. The maximum Gasteiger partial charge on any atom is 0.243 e. The van der Waals surface area contributed by atoms with Gasteiger partial charge in [0.05, 0.1) is 17.7 Å². The number of amides is 1. The topological polar surface area (TPSA) is 77.8 Å². The number of hydrogen-bond acceptors (Lipinski definition) is 5. The smallest absolute Gasteiger partial charge is 0.243 e. The highest BCUT2D eigenvalue weighted by molar-refractivity contribution is 6.08. The van der Waals surface area contributed by atoms with Crippen molar-refractivity contribution in [1.29, 1.82) is 0 Å². The van der Waals surface area contributed by atoms with Gasteiger partial charge < -0.3 is 18.9 Å². The minimum absolute atomic E-state index is 0.0163. The summed E-state index contributed by atoms with van der Waals surface area (Å²) in [5.41, 5.74) is 2.61. The number of aromatic nitrogens is 1. The molecule has 0 aliphatic carbocycles. The summed E-state index contributed by atoms with van der Waals surface area (Å²) in [5, 5.41) is 0.829. The zero-order valence-corrected chi connectivity index (χ0v) is 22.9. The number of rotatable bonds is 5. The fraction of sp³-hybridized carbons (Fsp3) is 0.633. The van der Waals surface area contributed by atoms with Crippen LogP contribution in [0.25, 0.3) is 10.9 Å². The molecule has 0 N–H and O–H groups in total. The Morgan fingerprint density at radius 1 is 1.11 bits per heavy atom. The third kappa shape index (κ3) is 6.25. The van der Waals surface area contributed by atoms with E-state index in [4.69, 9.17) is 9.47 Å². The highest BCUT2D eigenvalue weighted by Gasteiger charge is 2.41. The first-order chi connectivity index (χ1) is 17.8. The monoisotopic (exact) mass is 510 g/mol. The van der Waals surface area contributed by atoms with Gasteiger partial charge in [0.15, 0.2) is 11.6 Å². The molecule has 7 heteroatoms. The van der Waals surface area contributed by atoms with E-state index in [0.717, 1.165) is 67.2 Å². The Labute approximate surface area is 220 Å². The molecule has 2 aliphatic heterocycles. The number of aryl methyl sites for hydroxylation is 1. The minimum atomic E-state index is -0.534. The Kier molecular flexibility index (Phi) is 9.06. The minimum Gasteiger partial charge on any atom is -0.491 e. The summed E-state index contributed by atoms with van der Waals surface area (Å²) >= 11 is 0. The van der Waals surface area contributed by atoms with Gasteiger partial charge in [-0.15, -0.1) is 0 Å². The molecule has 0 unspecified atom stereocenters. The van der Waals surface area contributed by atoms with Crippen molar-refractivity contribution in [2.75, 3.05) is 13.2 Å². The summed E-state index contributed by atoms with van der Waals surface area (Å²) in [6, 6.07) is 3.47. The Morgan fingerprint density at radius 2 is 1.84 bits per heavy atom. The Bertz CT molecular complexity index is 1130. The van der Waals surface area contributed by atoms with E-state index in [-0.39, 0.29) is 36.2 Å². The van der Waals surface area contributed by atoms with E-state index in [1.807, 2.05) is 37.6 Å². The van der Waals surface area contributed by atoms with Crippen LogP contribution in [-0.4, -0.2) is 58.3 Å². The van der Waals surface area contributed by atoms with Crippen molar-refractivity contribution in [3.8, 4) is 5.75 Å². The summed E-state index contributed by atoms with van der Waals surface area (Å²) in [6.45, 7) is 8.62. The molecule has 1 aromatic heterocycles. The summed E-state index contributed by atoms with van der Waals surface area (Å²) in [5.74, 6) is 0.650. The number of ketones is 2.